The summed E-state index contributed by atoms with van der Waals surface area (Å²) in [5.41, 5.74) is 5.51. The number of nitrogens with zero attached hydrogens (tertiary/aromatic N) is 3. The Bertz CT molecular complexity index is 982. The van der Waals surface area contributed by atoms with Gasteiger partial charge in [0.2, 0.25) is 0 Å². The van der Waals surface area contributed by atoms with Crippen LogP contribution in [0.5, 0.6) is 0 Å². The molecule has 0 unspecified atom stereocenters. The Morgan fingerprint density at radius 1 is 1.10 bits per heavy atom. The Kier molecular flexibility index (Phi) is 4.50. The summed E-state index contributed by atoms with van der Waals surface area (Å²) in [6.07, 6.45) is 2.28. The molecule has 5 rings (SSSR count). The van der Waals surface area contributed by atoms with Crippen LogP contribution in [-0.2, 0) is 13.1 Å². The highest BCUT2D eigenvalue weighted by atomic mass is 35.5. The molecule has 2 heterocycles. The normalized spacial score (nSPS) is 21.8. The molecule has 1 saturated carbocycles. The van der Waals surface area contributed by atoms with E-state index in [1.807, 2.05) is 17.0 Å². The molecule has 152 valence electrons. The summed E-state index contributed by atoms with van der Waals surface area (Å²) in [6.45, 7) is 8.27. The number of hydrogen-bond donors (Lipinski definition) is 0. The maximum absolute atomic E-state index is 12.6. The molecule has 5 heteroatoms. The largest absolute Gasteiger partial charge is 0.331 e. The Labute approximate surface area is 178 Å². The maximum atomic E-state index is 12.6. The van der Waals surface area contributed by atoms with Gasteiger partial charge in [0.15, 0.2) is 0 Å². The highest BCUT2D eigenvalue weighted by molar-refractivity contribution is 6.33. The molecule has 0 aromatic heterocycles. The predicted octanol–water partition coefficient (Wildman–Crippen LogP) is 4.61. The van der Waals surface area contributed by atoms with E-state index in [4.69, 9.17) is 11.6 Å². The average molecular weight is 410 g/mol. The van der Waals surface area contributed by atoms with Crippen LogP contribution in [-0.4, -0.2) is 52.4 Å². The van der Waals surface area contributed by atoms with Gasteiger partial charge in [-0.1, -0.05) is 29.8 Å². The zero-order valence-corrected chi connectivity index (χ0v) is 18.2. The van der Waals surface area contributed by atoms with Gasteiger partial charge in [-0.05, 0) is 68.6 Å². The molecule has 1 amide bonds. The monoisotopic (exact) mass is 409 g/mol. The molecular weight excluding hydrogens is 382 g/mol. The molecular formula is C24H28ClN3O. The second-order valence-electron chi connectivity index (χ2n) is 9.52. The van der Waals surface area contributed by atoms with Crippen molar-refractivity contribution in [3.05, 3.63) is 58.1 Å². The van der Waals surface area contributed by atoms with E-state index in [-0.39, 0.29) is 11.4 Å². The van der Waals surface area contributed by atoms with Crippen molar-refractivity contribution in [2.75, 3.05) is 20.3 Å². The SMILES string of the molecule is CN1CN(Cc2ccc(-c3ccc4c(c3)CN(C3CC3)C4=O)c(Cl)c2)C(C)(C)C1. The zero-order chi connectivity index (χ0) is 20.3. The number of rotatable bonds is 4. The number of likely N-dealkylation sites (N-methyl/N-ethyl adjacent to an activating group) is 1. The third-order valence-electron chi connectivity index (χ3n) is 6.57. The van der Waals surface area contributed by atoms with Crippen LogP contribution in [0.4, 0.5) is 0 Å². The van der Waals surface area contributed by atoms with Crippen molar-refractivity contribution in [1.82, 2.24) is 14.7 Å². The molecule has 29 heavy (non-hydrogen) atoms. The van der Waals surface area contributed by atoms with Crippen LogP contribution in [0.1, 0.15) is 48.2 Å². The molecule has 1 aliphatic carbocycles. The number of carbonyl (C=O) groups excluding carboxylic acids is 1. The number of benzene rings is 2. The molecule has 1 saturated heterocycles. The third-order valence-corrected chi connectivity index (χ3v) is 6.88. The smallest absolute Gasteiger partial charge is 0.254 e. The number of carbonyl (C=O) groups is 1. The summed E-state index contributed by atoms with van der Waals surface area (Å²) in [5.74, 6) is 0.189. The molecule has 0 radical (unpaired) electrons. The first-order valence-corrected chi connectivity index (χ1v) is 10.9. The Balaban J connectivity index is 1.38. The first-order chi connectivity index (χ1) is 13.8. The van der Waals surface area contributed by atoms with Crippen molar-refractivity contribution >= 4 is 17.5 Å². The number of fused-ring (bicyclic) bond motifs is 1. The summed E-state index contributed by atoms with van der Waals surface area (Å²) >= 11 is 6.71. The fourth-order valence-corrected chi connectivity index (χ4v) is 5.17. The van der Waals surface area contributed by atoms with Crippen LogP contribution in [0.15, 0.2) is 36.4 Å². The minimum absolute atomic E-state index is 0.167. The first-order valence-electron chi connectivity index (χ1n) is 10.5. The summed E-state index contributed by atoms with van der Waals surface area (Å²) in [6, 6.07) is 13.0. The van der Waals surface area contributed by atoms with Crippen LogP contribution in [0.3, 0.4) is 0 Å². The minimum atomic E-state index is 0.167. The van der Waals surface area contributed by atoms with Crippen LogP contribution >= 0.6 is 11.6 Å². The third kappa shape index (κ3) is 3.48. The fraction of sp³-hybridized carbons (Fsp3) is 0.458. The minimum Gasteiger partial charge on any atom is -0.331 e. The van der Waals surface area contributed by atoms with Gasteiger partial charge >= 0.3 is 0 Å². The van der Waals surface area contributed by atoms with Crippen molar-refractivity contribution in [2.24, 2.45) is 0 Å². The molecule has 4 nitrogen and oxygen atoms in total. The zero-order valence-electron chi connectivity index (χ0n) is 17.4. The average Bonchev–Trinajstić information content (AvgIpc) is 3.39. The second-order valence-corrected chi connectivity index (χ2v) is 9.92. The number of amides is 1. The van der Waals surface area contributed by atoms with Gasteiger partial charge in [-0.3, -0.25) is 14.6 Å². The van der Waals surface area contributed by atoms with E-state index in [2.05, 4.69) is 55.0 Å². The van der Waals surface area contributed by atoms with Gasteiger partial charge < -0.3 is 4.90 Å². The molecule has 0 atom stereocenters. The van der Waals surface area contributed by atoms with Crippen LogP contribution < -0.4 is 0 Å². The van der Waals surface area contributed by atoms with E-state index in [1.165, 1.54) is 5.56 Å². The predicted molar refractivity (Wildman–Crippen MR) is 117 cm³/mol. The van der Waals surface area contributed by atoms with Crippen molar-refractivity contribution in [2.45, 2.75) is 51.4 Å². The lowest BCUT2D eigenvalue weighted by molar-refractivity contribution is 0.0766. The van der Waals surface area contributed by atoms with Crippen molar-refractivity contribution < 1.29 is 4.79 Å². The lowest BCUT2D eigenvalue weighted by Gasteiger charge is -2.30. The van der Waals surface area contributed by atoms with E-state index >= 15 is 0 Å². The molecule has 3 aliphatic rings. The lowest BCUT2D eigenvalue weighted by atomic mass is 9.98. The molecule has 2 fully saturated rings. The Hall–Kier alpha value is -1.88. The van der Waals surface area contributed by atoms with Crippen molar-refractivity contribution in [3.63, 3.8) is 0 Å². The first kappa shape index (κ1) is 19.1. The highest BCUT2D eigenvalue weighted by Gasteiger charge is 2.38. The lowest BCUT2D eigenvalue weighted by Crippen LogP contribution is -2.39. The number of hydrogen-bond acceptors (Lipinski definition) is 3. The molecule has 0 N–H and O–H groups in total. The summed E-state index contributed by atoms with van der Waals surface area (Å²) in [7, 11) is 2.17. The summed E-state index contributed by atoms with van der Waals surface area (Å²) in [5, 5.41) is 0.774. The fourth-order valence-electron chi connectivity index (χ4n) is 4.86. The van der Waals surface area contributed by atoms with Gasteiger partial charge in [-0.25, -0.2) is 0 Å². The van der Waals surface area contributed by atoms with Gasteiger partial charge in [-0.2, -0.15) is 0 Å². The van der Waals surface area contributed by atoms with E-state index < -0.39 is 0 Å². The Morgan fingerprint density at radius 2 is 1.86 bits per heavy atom. The van der Waals surface area contributed by atoms with Crippen molar-refractivity contribution in [1.29, 1.82) is 0 Å². The molecule has 0 spiro atoms. The second kappa shape index (κ2) is 6.83. The van der Waals surface area contributed by atoms with Crippen LogP contribution in [0.25, 0.3) is 11.1 Å². The van der Waals surface area contributed by atoms with E-state index in [0.29, 0.717) is 6.04 Å². The van der Waals surface area contributed by atoms with Gasteiger partial charge in [0.25, 0.3) is 5.91 Å². The quantitative estimate of drug-likeness (QED) is 0.737. The maximum Gasteiger partial charge on any atom is 0.254 e. The molecule has 0 bridgehead atoms. The highest BCUT2D eigenvalue weighted by Crippen LogP contribution is 2.37. The molecule has 2 aliphatic heterocycles. The van der Waals surface area contributed by atoms with E-state index in [9.17, 15) is 4.79 Å². The molecule has 2 aromatic carbocycles. The van der Waals surface area contributed by atoms with Gasteiger partial charge in [-0.15, -0.1) is 0 Å². The van der Waals surface area contributed by atoms with Gasteiger partial charge in [0.05, 0.1) is 6.67 Å². The van der Waals surface area contributed by atoms with Crippen molar-refractivity contribution in [3.8, 4) is 11.1 Å². The number of halogens is 1. The topological polar surface area (TPSA) is 26.8 Å². The summed E-state index contributed by atoms with van der Waals surface area (Å²) < 4.78 is 0. The van der Waals surface area contributed by atoms with Crippen LogP contribution in [0.2, 0.25) is 5.02 Å². The van der Waals surface area contributed by atoms with E-state index in [0.717, 1.165) is 66.4 Å². The summed E-state index contributed by atoms with van der Waals surface area (Å²) in [4.78, 5) is 19.4. The Morgan fingerprint density at radius 3 is 2.52 bits per heavy atom. The standard InChI is InChI=1S/C24H28ClN3O/c1-24(2)14-26(3)15-27(24)12-16-4-8-20(22(25)10-16)17-5-9-21-18(11-17)13-28(23(21)29)19-6-7-19/h4-5,8-11,19H,6-7,12-15H2,1-3H3. The van der Waals surface area contributed by atoms with Gasteiger partial charge in [0.1, 0.15) is 0 Å². The van der Waals surface area contributed by atoms with Gasteiger partial charge in [0, 0.05) is 47.4 Å². The van der Waals surface area contributed by atoms with E-state index in [1.54, 1.807) is 0 Å². The molecule has 2 aromatic rings. The van der Waals surface area contributed by atoms with Crippen LogP contribution in [0, 0.1) is 0 Å².